The zero-order chi connectivity index (χ0) is 62.8. The minimum Gasteiger partial charge on any atom is -0.393 e. The van der Waals surface area contributed by atoms with E-state index >= 15 is 0 Å². The molecule has 0 aromatic carbocycles. The van der Waals surface area contributed by atoms with Crippen molar-refractivity contribution >= 4 is 0 Å². The molecule has 504 valence electrons. The number of terminal acetylenes is 4. The van der Waals surface area contributed by atoms with Crippen molar-refractivity contribution in [3.8, 4) is 215 Å². The van der Waals surface area contributed by atoms with Gasteiger partial charge in [0.05, 0.1) is 55.1 Å². The Kier molecular flexibility index (Phi) is 69.4. The molecule has 0 aliphatic heterocycles. The minimum absolute atomic E-state index is 0. The Labute approximate surface area is 562 Å². The Hall–Kier alpha value is -8.20. The number of likely N-dealkylation sites (N-methyl/N-ethyl adjacent to an activating group) is 2. The van der Waals surface area contributed by atoms with Crippen LogP contribution in [0, 0.1) is 215 Å². The molecule has 0 radical (unpaired) electrons. The van der Waals surface area contributed by atoms with E-state index in [2.05, 4.69) is 217 Å². The third kappa shape index (κ3) is 82.6. The van der Waals surface area contributed by atoms with Gasteiger partial charge in [0.2, 0.25) is 0 Å². The van der Waals surface area contributed by atoms with Gasteiger partial charge in [-0.15, -0.1) is 25.7 Å². The van der Waals surface area contributed by atoms with Crippen LogP contribution in [0.4, 0.5) is 0 Å². The molecule has 7 heteroatoms. The van der Waals surface area contributed by atoms with Gasteiger partial charge in [-0.25, -0.2) is 0 Å². The zero-order valence-electron chi connectivity index (χ0n) is 52.1. The summed E-state index contributed by atoms with van der Waals surface area (Å²) < 4.78 is 13.8. The lowest BCUT2D eigenvalue weighted by atomic mass is 10.1. The van der Waals surface area contributed by atoms with Crippen molar-refractivity contribution in [2.45, 2.75) is 180 Å². The highest BCUT2D eigenvalue weighted by Crippen LogP contribution is 2.14. The predicted molar refractivity (Wildman–Crippen MR) is 419 cm³/mol. The Morgan fingerprint density at radius 3 is 0.833 bits per heavy atom. The summed E-state index contributed by atoms with van der Waals surface area (Å²) in [6.07, 6.45) is 52.0. The lowest BCUT2D eigenvalue weighted by Crippen LogP contribution is -2.49. The fraction of sp³-hybridized carbons (Fsp3) is 0.532. The van der Waals surface area contributed by atoms with Crippen molar-refractivity contribution in [2.75, 3.05) is 87.9 Å². The van der Waals surface area contributed by atoms with Crippen molar-refractivity contribution in [2.24, 2.45) is 0 Å². The summed E-state index contributed by atoms with van der Waals surface area (Å²) in [4.78, 5) is 0. The summed E-state index contributed by atoms with van der Waals surface area (Å²) in [6, 6.07) is 0. The third-order valence-corrected chi connectivity index (χ3v) is 11.1. The molecular formula is C77H158N2O5+2. The molecule has 0 saturated carbocycles. The number of hydrogen-bond donors (Lipinski definition) is 3. The standard InChI is InChI=1S/C35H74NO3.2C18H2.C6H16NO2.32H2/c1-5-7-9-11-13-15-17-19-21-23-25-27-31-38-34-35(33-36(3,4)29-30-37)39-32-28-26-24-22-20-18-16-14-12-10-8-6-2;2*1-3-5-7-9-11-13-15-17-18-16-14-12-10-8-6-4-2;1-7(2,3)4-6(9)5-8;;;;;;;;;;;;;;;;;;;;;;;;;;;;;;;;/h35,37H,5-34H2,1-4H3;2*1-2H;6,8-9H,4-5H2,1-3H3;32*1H/q+1;;;+1;;;;;;;;;;;;;;;;;;;;;;;;;;;;;;;;. The maximum atomic E-state index is 9.43. The van der Waals surface area contributed by atoms with Gasteiger partial charge in [-0.3, -0.25) is 0 Å². The van der Waals surface area contributed by atoms with Gasteiger partial charge in [0.25, 0.3) is 0 Å². The summed E-state index contributed by atoms with van der Waals surface area (Å²) in [6.45, 7) is 9.28. The van der Waals surface area contributed by atoms with Crippen LogP contribution in [0.2, 0.25) is 0 Å². The van der Waals surface area contributed by atoms with Gasteiger partial charge in [0, 0.05) is 58.9 Å². The quantitative estimate of drug-likeness (QED) is 0.0331. The van der Waals surface area contributed by atoms with Gasteiger partial charge in [0.15, 0.2) is 0 Å². The SMILES string of the molecule is C#CC#CC#CC#CC#CC#CC#CC#CC#C.C#CC#CC#CC#CC#CC#CC#CC#CC#C.CCCCCCCCCCCCCCOCC(C[N+](C)(C)CCO)OCCCCCCCCCCCCCC.C[N+](C)(C)CC(O)CO.[HH].[HH].[HH].[HH].[HH].[HH].[HH].[HH].[HH].[HH].[HH].[HH].[HH].[HH].[HH].[HH].[HH].[HH].[HH].[HH].[HH].[HH].[HH].[HH].[HH].[HH].[HH].[HH].[HH].[HH].[HH].[HH]. The molecule has 0 aromatic rings. The number of aliphatic hydroxyl groups excluding tert-OH is 3. The Morgan fingerprint density at radius 1 is 0.357 bits per heavy atom. The molecule has 0 fully saturated rings. The highest BCUT2D eigenvalue weighted by Gasteiger charge is 2.22. The number of hydrogen-bond acceptors (Lipinski definition) is 5. The molecule has 7 nitrogen and oxygen atoms in total. The predicted octanol–water partition coefficient (Wildman–Crippen LogP) is 17.3. The van der Waals surface area contributed by atoms with E-state index in [1.54, 1.807) is 0 Å². The van der Waals surface area contributed by atoms with E-state index < -0.39 is 6.10 Å². The van der Waals surface area contributed by atoms with Gasteiger partial charge >= 0.3 is 0 Å². The second kappa shape index (κ2) is 70.9. The Balaban J connectivity index is -0.0000000215. The Bertz CT molecular complexity index is 2690. The van der Waals surface area contributed by atoms with E-state index in [1.165, 1.54) is 141 Å². The largest absolute Gasteiger partial charge is 0.393 e. The second-order valence-corrected chi connectivity index (χ2v) is 20.3. The van der Waals surface area contributed by atoms with E-state index in [-0.39, 0.29) is 65.0 Å². The lowest BCUT2D eigenvalue weighted by molar-refractivity contribution is -0.893. The van der Waals surface area contributed by atoms with E-state index in [0.717, 1.165) is 43.6 Å². The lowest BCUT2D eigenvalue weighted by Gasteiger charge is -2.32. The van der Waals surface area contributed by atoms with Gasteiger partial charge in [-0.05, 0) is 202 Å². The van der Waals surface area contributed by atoms with Crippen molar-refractivity contribution in [3.05, 3.63) is 0 Å². The number of ether oxygens (including phenoxy) is 2. The molecule has 0 rings (SSSR count). The van der Waals surface area contributed by atoms with Crippen LogP contribution in [0.5, 0.6) is 0 Å². The average molecular weight is 1190 g/mol. The molecule has 84 heavy (non-hydrogen) atoms. The molecule has 0 spiro atoms. The fourth-order valence-electron chi connectivity index (χ4n) is 7.10. The molecule has 0 heterocycles. The fourth-order valence-corrected chi connectivity index (χ4v) is 7.10. The number of nitrogens with zero attached hydrogens (tertiary/aromatic N) is 2. The normalized spacial score (nSPS) is 9.21. The monoisotopic (exact) mass is 1190 g/mol. The zero-order valence-corrected chi connectivity index (χ0v) is 52.1. The molecular weight excluding hydrogens is 1030 g/mol. The minimum atomic E-state index is -0.579. The van der Waals surface area contributed by atoms with Crippen LogP contribution in [0.3, 0.4) is 0 Å². The number of quaternary nitrogens is 2. The molecule has 3 N–H and O–H groups in total. The van der Waals surface area contributed by atoms with Crippen LogP contribution < -0.4 is 0 Å². The molecule has 0 aromatic heterocycles. The third-order valence-electron chi connectivity index (χ3n) is 11.1. The summed E-state index contributed by atoms with van der Waals surface area (Å²) in [5.41, 5.74) is 0. The maximum absolute atomic E-state index is 9.43. The Morgan fingerprint density at radius 2 is 0.607 bits per heavy atom. The number of unbranched alkanes of at least 4 members (excludes halogenated alkanes) is 22. The van der Waals surface area contributed by atoms with E-state index in [1.807, 2.05) is 21.1 Å². The van der Waals surface area contributed by atoms with E-state index in [0.29, 0.717) is 17.6 Å². The van der Waals surface area contributed by atoms with Crippen molar-refractivity contribution in [3.63, 3.8) is 0 Å². The first-order chi connectivity index (χ1) is 40.8. The summed E-state index contributed by atoms with van der Waals surface area (Å²) in [5, 5.41) is 26.8. The summed E-state index contributed by atoms with van der Waals surface area (Å²) >= 11 is 0. The van der Waals surface area contributed by atoms with Crippen LogP contribution in [0.1, 0.15) is 214 Å². The van der Waals surface area contributed by atoms with E-state index in [4.69, 9.17) is 45.4 Å². The first-order valence-electron chi connectivity index (χ1n) is 29.4. The van der Waals surface area contributed by atoms with Crippen LogP contribution in [0.15, 0.2) is 0 Å². The van der Waals surface area contributed by atoms with Crippen LogP contribution >= 0.6 is 0 Å². The maximum Gasteiger partial charge on any atom is 0.130 e. The molecule has 0 saturated heterocycles. The molecule has 2 atom stereocenters. The van der Waals surface area contributed by atoms with Gasteiger partial charge in [0.1, 0.15) is 31.8 Å². The number of rotatable bonds is 36. The molecule has 2 unspecified atom stereocenters. The molecule has 0 aliphatic carbocycles. The first kappa shape index (κ1) is 82.3. The van der Waals surface area contributed by atoms with Gasteiger partial charge in [-0.1, -0.05) is 155 Å². The topological polar surface area (TPSA) is 79.2 Å². The number of aliphatic hydroxyl groups is 3. The van der Waals surface area contributed by atoms with Crippen molar-refractivity contribution in [1.82, 2.24) is 0 Å². The van der Waals surface area contributed by atoms with Crippen molar-refractivity contribution in [1.29, 1.82) is 0 Å². The first-order valence-corrected chi connectivity index (χ1v) is 29.4. The van der Waals surface area contributed by atoms with Crippen LogP contribution in [-0.2, 0) is 9.47 Å². The molecule has 0 bridgehead atoms. The van der Waals surface area contributed by atoms with Crippen LogP contribution in [-0.4, -0.2) is 124 Å². The summed E-state index contributed by atoms with van der Waals surface area (Å²) in [5.74, 6) is 76.5. The average Bonchev–Trinajstić information content (AvgIpc) is 1.04. The smallest absolute Gasteiger partial charge is 0.130 e. The van der Waals surface area contributed by atoms with E-state index in [9.17, 15) is 5.11 Å². The highest BCUT2D eigenvalue weighted by molar-refractivity contribution is 5.47. The molecule has 0 aliphatic rings. The molecule has 0 amide bonds. The van der Waals surface area contributed by atoms with Gasteiger partial charge in [-0.2, -0.15) is 0 Å². The van der Waals surface area contributed by atoms with Crippen molar-refractivity contribution < 1.29 is 79.4 Å². The highest BCUT2D eigenvalue weighted by atomic mass is 16.5. The van der Waals surface area contributed by atoms with Gasteiger partial charge < -0.3 is 33.8 Å². The second-order valence-electron chi connectivity index (χ2n) is 20.3. The summed E-state index contributed by atoms with van der Waals surface area (Å²) in [7, 11) is 10.3. The van der Waals surface area contributed by atoms with Crippen LogP contribution in [0.25, 0.3) is 0 Å².